The van der Waals surface area contributed by atoms with Crippen LogP contribution in [0.4, 0.5) is 13.2 Å². The first-order valence-corrected chi connectivity index (χ1v) is 7.94. The Balaban J connectivity index is 1.95. The van der Waals surface area contributed by atoms with E-state index in [4.69, 9.17) is 16.9 Å². The fourth-order valence-corrected chi connectivity index (χ4v) is 3.00. The zero-order chi connectivity index (χ0) is 19.1. The number of benzene rings is 1. The van der Waals surface area contributed by atoms with Crippen molar-refractivity contribution in [3.63, 3.8) is 0 Å². The number of alkyl halides is 3. The number of hydrogen-bond acceptors (Lipinski definition) is 3. The van der Waals surface area contributed by atoms with Crippen LogP contribution in [-0.4, -0.2) is 20.0 Å². The lowest BCUT2D eigenvalue weighted by molar-refractivity contribution is -0.141. The molecular weight excluding hydrogens is 367 g/mol. The van der Waals surface area contributed by atoms with Crippen molar-refractivity contribution in [3.05, 3.63) is 57.6 Å². The summed E-state index contributed by atoms with van der Waals surface area (Å²) in [4.78, 5) is 0. The molecular formula is C17H13ClF3N5. The molecule has 0 spiro atoms. The van der Waals surface area contributed by atoms with E-state index in [1.807, 2.05) is 13.0 Å². The SMILES string of the molecule is Cc1nn(Cc2cc(C(F)(F)F)n[nH]2)c(C)c1-c1ccc(C#N)c(Cl)c1. The van der Waals surface area contributed by atoms with Gasteiger partial charge >= 0.3 is 6.18 Å². The lowest BCUT2D eigenvalue weighted by atomic mass is 10.0. The fraction of sp³-hybridized carbons (Fsp3) is 0.235. The molecule has 0 saturated carbocycles. The van der Waals surface area contributed by atoms with Gasteiger partial charge in [-0.25, -0.2) is 0 Å². The average molecular weight is 380 g/mol. The van der Waals surface area contributed by atoms with Gasteiger partial charge < -0.3 is 0 Å². The van der Waals surface area contributed by atoms with Gasteiger partial charge in [-0.15, -0.1) is 0 Å². The molecule has 26 heavy (non-hydrogen) atoms. The normalized spacial score (nSPS) is 11.6. The lowest BCUT2D eigenvalue weighted by Crippen LogP contribution is -2.05. The molecule has 0 aliphatic rings. The Morgan fingerprint density at radius 1 is 1.27 bits per heavy atom. The van der Waals surface area contributed by atoms with Crippen LogP contribution < -0.4 is 0 Å². The Labute approximate surface area is 152 Å². The Morgan fingerprint density at radius 2 is 2.00 bits per heavy atom. The van der Waals surface area contributed by atoms with Crippen molar-refractivity contribution in [2.75, 3.05) is 0 Å². The van der Waals surface area contributed by atoms with Gasteiger partial charge in [-0.2, -0.15) is 28.6 Å². The molecule has 1 N–H and O–H groups in total. The highest BCUT2D eigenvalue weighted by atomic mass is 35.5. The third-order valence-electron chi connectivity index (χ3n) is 4.00. The molecule has 3 rings (SSSR count). The quantitative estimate of drug-likeness (QED) is 0.729. The summed E-state index contributed by atoms with van der Waals surface area (Å²) in [6.45, 7) is 3.75. The summed E-state index contributed by atoms with van der Waals surface area (Å²) in [5, 5.41) is 19.4. The van der Waals surface area contributed by atoms with Crippen molar-refractivity contribution in [3.8, 4) is 17.2 Å². The summed E-state index contributed by atoms with van der Waals surface area (Å²) >= 11 is 6.10. The number of aryl methyl sites for hydroxylation is 1. The number of hydrogen-bond donors (Lipinski definition) is 1. The average Bonchev–Trinajstić information content (AvgIpc) is 3.13. The number of nitrogens with zero attached hydrogens (tertiary/aromatic N) is 4. The minimum Gasteiger partial charge on any atom is -0.280 e. The van der Waals surface area contributed by atoms with Gasteiger partial charge in [0, 0.05) is 11.3 Å². The van der Waals surface area contributed by atoms with Gasteiger partial charge in [0.15, 0.2) is 5.69 Å². The first-order valence-electron chi connectivity index (χ1n) is 7.56. The summed E-state index contributed by atoms with van der Waals surface area (Å²) in [6, 6.07) is 8.04. The van der Waals surface area contributed by atoms with Crippen LogP contribution in [0.2, 0.25) is 5.02 Å². The zero-order valence-corrected chi connectivity index (χ0v) is 14.6. The van der Waals surface area contributed by atoms with Crippen molar-refractivity contribution in [2.45, 2.75) is 26.6 Å². The maximum absolute atomic E-state index is 12.7. The molecule has 1 aromatic carbocycles. The van der Waals surface area contributed by atoms with Crippen molar-refractivity contribution >= 4 is 11.6 Å². The van der Waals surface area contributed by atoms with Gasteiger partial charge in [0.2, 0.25) is 0 Å². The second-order valence-electron chi connectivity index (χ2n) is 5.79. The standard InChI is InChI=1S/C17H13ClF3N5/c1-9-16(11-3-4-12(7-22)14(18)5-11)10(2)26(25-9)8-13-6-15(24-23-13)17(19,20)21/h3-6H,8H2,1-2H3,(H,23,24). The molecule has 3 aromatic rings. The van der Waals surface area contributed by atoms with Gasteiger partial charge in [0.1, 0.15) is 6.07 Å². The number of nitriles is 1. The van der Waals surface area contributed by atoms with E-state index in [9.17, 15) is 13.2 Å². The highest BCUT2D eigenvalue weighted by Crippen LogP contribution is 2.31. The zero-order valence-electron chi connectivity index (χ0n) is 13.8. The second kappa shape index (κ2) is 6.50. The summed E-state index contributed by atoms with van der Waals surface area (Å²) < 4.78 is 39.6. The Kier molecular flexibility index (Phi) is 4.50. The summed E-state index contributed by atoms with van der Waals surface area (Å²) in [5.74, 6) is 0. The maximum Gasteiger partial charge on any atom is 0.435 e. The molecule has 0 aliphatic heterocycles. The number of aromatic amines is 1. The largest absolute Gasteiger partial charge is 0.435 e. The Hall–Kier alpha value is -2.79. The molecule has 2 aromatic heterocycles. The molecule has 134 valence electrons. The van der Waals surface area contributed by atoms with E-state index in [0.717, 1.165) is 22.9 Å². The molecule has 0 fully saturated rings. The summed E-state index contributed by atoms with van der Waals surface area (Å²) in [5.41, 5.74) is 2.80. The van der Waals surface area contributed by atoms with E-state index in [0.29, 0.717) is 22.0 Å². The highest BCUT2D eigenvalue weighted by molar-refractivity contribution is 6.32. The smallest absolute Gasteiger partial charge is 0.280 e. The summed E-state index contributed by atoms with van der Waals surface area (Å²) in [7, 11) is 0. The summed E-state index contributed by atoms with van der Waals surface area (Å²) in [6.07, 6.45) is -4.49. The molecule has 0 atom stereocenters. The van der Waals surface area contributed by atoms with E-state index in [1.54, 1.807) is 29.8 Å². The minimum atomic E-state index is -4.49. The number of H-pyrrole nitrogens is 1. The molecule has 0 bridgehead atoms. The van der Waals surface area contributed by atoms with E-state index in [2.05, 4.69) is 15.3 Å². The monoisotopic (exact) mass is 379 g/mol. The van der Waals surface area contributed by atoms with Gasteiger partial charge in [-0.1, -0.05) is 17.7 Å². The van der Waals surface area contributed by atoms with Crippen LogP contribution in [0.25, 0.3) is 11.1 Å². The van der Waals surface area contributed by atoms with E-state index < -0.39 is 11.9 Å². The van der Waals surface area contributed by atoms with E-state index >= 15 is 0 Å². The lowest BCUT2D eigenvalue weighted by Gasteiger charge is -2.06. The molecule has 0 aliphatic carbocycles. The maximum atomic E-state index is 12.7. The third-order valence-corrected chi connectivity index (χ3v) is 4.31. The molecule has 0 unspecified atom stereocenters. The van der Waals surface area contributed by atoms with Crippen molar-refractivity contribution < 1.29 is 13.2 Å². The molecule has 9 heteroatoms. The van der Waals surface area contributed by atoms with Gasteiger partial charge in [0.25, 0.3) is 0 Å². The Morgan fingerprint density at radius 3 is 2.58 bits per heavy atom. The van der Waals surface area contributed by atoms with Crippen LogP contribution in [0.1, 0.15) is 28.3 Å². The third kappa shape index (κ3) is 3.30. The molecule has 0 radical (unpaired) electrons. The van der Waals surface area contributed by atoms with Crippen LogP contribution in [-0.2, 0) is 12.7 Å². The van der Waals surface area contributed by atoms with Gasteiger partial charge in [-0.3, -0.25) is 9.78 Å². The first kappa shape index (κ1) is 18.0. The predicted molar refractivity (Wildman–Crippen MR) is 89.6 cm³/mol. The van der Waals surface area contributed by atoms with Crippen molar-refractivity contribution in [1.29, 1.82) is 5.26 Å². The number of rotatable bonds is 3. The Bertz CT molecular complexity index is 1010. The van der Waals surface area contributed by atoms with Gasteiger partial charge in [-0.05, 0) is 37.6 Å². The number of halogens is 4. The fourth-order valence-electron chi connectivity index (χ4n) is 2.78. The second-order valence-corrected chi connectivity index (χ2v) is 6.19. The van der Waals surface area contributed by atoms with Crippen molar-refractivity contribution in [1.82, 2.24) is 20.0 Å². The van der Waals surface area contributed by atoms with Crippen LogP contribution in [0.5, 0.6) is 0 Å². The molecule has 0 amide bonds. The predicted octanol–water partition coefficient (Wildman–Crippen LogP) is 4.48. The van der Waals surface area contributed by atoms with Crippen LogP contribution in [0.3, 0.4) is 0 Å². The van der Waals surface area contributed by atoms with Crippen LogP contribution in [0, 0.1) is 25.2 Å². The van der Waals surface area contributed by atoms with Crippen LogP contribution in [0.15, 0.2) is 24.3 Å². The van der Waals surface area contributed by atoms with Crippen LogP contribution >= 0.6 is 11.6 Å². The topological polar surface area (TPSA) is 70.3 Å². The first-order chi connectivity index (χ1) is 12.2. The molecule has 2 heterocycles. The minimum absolute atomic E-state index is 0.125. The van der Waals surface area contributed by atoms with E-state index in [-0.39, 0.29) is 6.54 Å². The van der Waals surface area contributed by atoms with Gasteiger partial charge in [0.05, 0.1) is 28.5 Å². The highest BCUT2D eigenvalue weighted by Gasteiger charge is 2.33. The molecule has 5 nitrogen and oxygen atoms in total. The van der Waals surface area contributed by atoms with E-state index in [1.165, 1.54) is 0 Å². The molecule has 0 saturated heterocycles. The number of nitrogens with one attached hydrogen (secondary N) is 1. The number of aromatic nitrogens is 4. The van der Waals surface area contributed by atoms with Crippen molar-refractivity contribution in [2.24, 2.45) is 0 Å².